The van der Waals surface area contributed by atoms with Crippen LogP contribution in [0.5, 0.6) is 11.5 Å². The van der Waals surface area contributed by atoms with E-state index < -0.39 is 11.7 Å². The molecule has 0 saturated heterocycles. The molecule has 0 aliphatic heterocycles. The summed E-state index contributed by atoms with van der Waals surface area (Å²) in [6.45, 7) is 0.641. The third-order valence-corrected chi connectivity index (χ3v) is 3.83. The summed E-state index contributed by atoms with van der Waals surface area (Å²) in [5.41, 5.74) is 0.674. The molecular formula is C19H21F3N2O3. The van der Waals surface area contributed by atoms with Crippen LogP contribution in [0.15, 0.2) is 42.5 Å². The van der Waals surface area contributed by atoms with Gasteiger partial charge in [0, 0.05) is 25.2 Å². The molecule has 5 nitrogen and oxygen atoms in total. The second-order valence-corrected chi connectivity index (χ2v) is 5.72. The molecule has 8 heteroatoms. The predicted molar refractivity (Wildman–Crippen MR) is 95.9 cm³/mol. The molecule has 146 valence electrons. The van der Waals surface area contributed by atoms with Crippen LogP contribution in [0.1, 0.15) is 17.5 Å². The number of nitrogens with one attached hydrogen (secondary N) is 2. The summed E-state index contributed by atoms with van der Waals surface area (Å²) in [4.78, 5) is 11.9. The van der Waals surface area contributed by atoms with Gasteiger partial charge in [-0.15, -0.1) is 0 Å². The standard InChI is InChI=1S/C19H21F3N2O3/c1-26-16-8-3-13(11-17(16)27-2)12-24-18(25)9-10-23-15-6-4-14(5-7-15)19(20,21)22/h3-8,11,23H,9-10,12H2,1-2H3,(H,24,25). The van der Waals surface area contributed by atoms with Crippen LogP contribution in [0.25, 0.3) is 0 Å². The number of hydrogen-bond acceptors (Lipinski definition) is 4. The van der Waals surface area contributed by atoms with Crippen LogP contribution in [-0.4, -0.2) is 26.7 Å². The van der Waals surface area contributed by atoms with E-state index in [-0.39, 0.29) is 12.3 Å². The lowest BCUT2D eigenvalue weighted by Gasteiger charge is -2.11. The summed E-state index contributed by atoms with van der Waals surface area (Å²) in [5, 5.41) is 5.70. The number of ether oxygens (including phenoxy) is 2. The van der Waals surface area contributed by atoms with E-state index in [9.17, 15) is 18.0 Å². The van der Waals surface area contributed by atoms with Gasteiger partial charge in [-0.05, 0) is 42.0 Å². The van der Waals surface area contributed by atoms with E-state index in [0.717, 1.165) is 17.7 Å². The molecular weight excluding hydrogens is 361 g/mol. The van der Waals surface area contributed by atoms with Crippen molar-refractivity contribution in [1.29, 1.82) is 0 Å². The molecule has 2 N–H and O–H groups in total. The van der Waals surface area contributed by atoms with Crippen molar-refractivity contribution in [2.75, 3.05) is 26.1 Å². The van der Waals surface area contributed by atoms with E-state index in [2.05, 4.69) is 10.6 Å². The number of carbonyl (C=O) groups excluding carboxylic acids is 1. The number of carbonyl (C=O) groups is 1. The second kappa shape index (κ2) is 9.16. The fourth-order valence-electron chi connectivity index (χ4n) is 2.38. The number of methoxy groups -OCH3 is 2. The van der Waals surface area contributed by atoms with E-state index in [1.165, 1.54) is 19.2 Å². The first-order valence-corrected chi connectivity index (χ1v) is 8.22. The molecule has 0 radical (unpaired) electrons. The van der Waals surface area contributed by atoms with Gasteiger partial charge >= 0.3 is 6.18 Å². The maximum Gasteiger partial charge on any atom is 0.416 e. The Morgan fingerprint density at radius 2 is 1.67 bits per heavy atom. The molecule has 0 atom stereocenters. The van der Waals surface area contributed by atoms with E-state index in [1.54, 1.807) is 19.2 Å². The quantitative estimate of drug-likeness (QED) is 0.728. The Morgan fingerprint density at radius 3 is 2.26 bits per heavy atom. The first-order chi connectivity index (χ1) is 12.8. The Labute approximate surface area is 155 Å². The highest BCUT2D eigenvalue weighted by Gasteiger charge is 2.29. The molecule has 0 aromatic heterocycles. The van der Waals surface area contributed by atoms with Crippen molar-refractivity contribution in [2.45, 2.75) is 19.1 Å². The largest absolute Gasteiger partial charge is 0.493 e. The zero-order chi connectivity index (χ0) is 19.9. The van der Waals surface area contributed by atoms with Crippen LogP contribution in [0.2, 0.25) is 0 Å². The monoisotopic (exact) mass is 382 g/mol. The average Bonchev–Trinajstić information content (AvgIpc) is 2.65. The molecule has 2 aromatic rings. The third-order valence-electron chi connectivity index (χ3n) is 3.83. The van der Waals surface area contributed by atoms with E-state index >= 15 is 0 Å². The van der Waals surface area contributed by atoms with E-state index in [0.29, 0.717) is 30.3 Å². The third kappa shape index (κ3) is 6.09. The first-order valence-electron chi connectivity index (χ1n) is 8.22. The van der Waals surface area contributed by atoms with Crippen LogP contribution >= 0.6 is 0 Å². The van der Waals surface area contributed by atoms with Crippen molar-refractivity contribution >= 4 is 11.6 Å². The van der Waals surface area contributed by atoms with Gasteiger partial charge in [-0.25, -0.2) is 0 Å². The zero-order valence-electron chi connectivity index (χ0n) is 15.0. The number of halogens is 3. The number of amides is 1. The smallest absolute Gasteiger partial charge is 0.416 e. The van der Waals surface area contributed by atoms with Gasteiger partial charge in [0.15, 0.2) is 11.5 Å². The van der Waals surface area contributed by atoms with Gasteiger partial charge < -0.3 is 20.1 Å². The van der Waals surface area contributed by atoms with Gasteiger partial charge in [-0.1, -0.05) is 6.07 Å². The minimum Gasteiger partial charge on any atom is -0.493 e. The Bertz CT molecular complexity index is 762. The van der Waals surface area contributed by atoms with Gasteiger partial charge in [0.2, 0.25) is 5.91 Å². The molecule has 0 aliphatic carbocycles. The molecule has 0 spiro atoms. The molecule has 0 unspecified atom stereocenters. The summed E-state index contributed by atoms with van der Waals surface area (Å²) in [5.74, 6) is 1.01. The number of hydrogen-bond donors (Lipinski definition) is 2. The zero-order valence-corrected chi connectivity index (χ0v) is 15.0. The van der Waals surface area contributed by atoms with E-state index in [1.807, 2.05) is 6.07 Å². The molecule has 0 bridgehead atoms. The normalized spacial score (nSPS) is 11.0. The fourth-order valence-corrected chi connectivity index (χ4v) is 2.38. The molecule has 2 rings (SSSR count). The SMILES string of the molecule is COc1ccc(CNC(=O)CCNc2ccc(C(F)(F)F)cc2)cc1OC. The van der Waals surface area contributed by atoms with Crippen molar-refractivity contribution in [3.63, 3.8) is 0 Å². The summed E-state index contributed by atoms with van der Waals surface area (Å²) in [7, 11) is 3.08. The fraction of sp³-hybridized carbons (Fsp3) is 0.316. The van der Waals surface area contributed by atoms with Crippen molar-refractivity contribution in [3.05, 3.63) is 53.6 Å². The highest BCUT2D eigenvalue weighted by Crippen LogP contribution is 2.30. The Hall–Kier alpha value is -2.90. The second-order valence-electron chi connectivity index (χ2n) is 5.72. The molecule has 27 heavy (non-hydrogen) atoms. The maximum atomic E-state index is 12.5. The summed E-state index contributed by atoms with van der Waals surface area (Å²) in [6, 6.07) is 10.0. The summed E-state index contributed by atoms with van der Waals surface area (Å²) >= 11 is 0. The van der Waals surface area contributed by atoms with Gasteiger partial charge in [-0.3, -0.25) is 4.79 Å². The lowest BCUT2D eigenvalue weighted by molar-refractivity contribution is -0.137. The lowest BCUT2D eigenvalue weighted by Crippen LogP contribution is -2.24. The average molecular weight is 382 g/mol. The maximum absolute atomic E-state index is 12.5. The van der Waals surface area contributed by atoms with E-state index in [4.69, 9.17) is 9.47 Å². The molecule has 1 amide bonds. The Morgan fingerprint density at radius 1 is 1.00 bits per heavy atom. The summed E-state index contributed by atoms with van der Waals surface area (Å²) < 4.78 is 47.9. The van der Waals surface area contributed by atoms with Gasteiger partial charge in [0.25, 0.3) is 0 Å². The highest BCUT2D eigenvalue weighted by molar-refractivity contribution is 5.76. The summed E-state index contributed by atoms with van der Waals surface area (Å²) in [6.07, 6.45) is -4.17. The number of rotatable bonds is 8. The predicted octanol–water partition coefficient (Wildman–Crippen LogP) is 3.84. The minimum atomic E-state index is -4.36. The van der Waals surface area contributed by atoms with Gasteiger partial charge in [0.1, 0.15) is 0 Å². The van der Waals surface area contributed by atoms with Crippen molar-refractivity contribution < 1.29 is 27.4 Å². The molecule has 2 aromatic carbocycles. The Balaban J connectivity index is 1.76. The van der Waals surface area contributed by atoms with Gasteiger partial charge in [-0.2, -0.15) is 13.2 Å². The van der Waals surface area contributed by atoms with Crippen LogP contribution in [0.3, 0.4) is 0 Å². The van der Waals surface area contributed by atoms with Gasteiger partial charge in [0.05, 0.1) is 19.8 Å². The number of alkyl halides is 3. The number of benzene rings is 2. The van der Waals surface area contributed by atoms with Crippen LogP contribution in [-0.2, 0) is 17.5 Å². The van der Waals surface area contributed by atoms with Crippen molar-refractivity contribution in [2.24, 2.45) is 0 Å². The van der Waals surface area contributed by atoms with Crippen LogP contribution in [0, 0.1) is 0 Å². The number of anilines is 1. The lowest BCUT2D eigenvalue weighted by atomic mass is 10.2. The van der Waals surface area contributed by atoms with Crippen molar-refractivity contribution in [3.8, 4) is 11.5 Å². The molecule has 0 fully saturated rings. The highest BCUT2D eigenvalue weighted by atomic mass is 19.4. The molecule has 0 heterocycles. The topological polar surface area (TPSA) is 59.6 Å². The van der Waals surface area contributed by atoms with Crippen molar-refractivity contribution in [1.82, 2.24) is 5.32 Å². The van der Waals surface area contributed by atoms with Crippen LogP contribution in [0.4, 0.5) is 18.9 Å². The van der Waals surface area contributed by atoms with Crippen LogP contribution < -0.4 is 20.1 Å². The Kier molecular flexibility index (Phi) is 6.92. The molecule has 0 aliphatic rings. The minimum absolute atomic E-state index is 0.177. The first kappa shape index (κ1) is 20.4. The molecule has 0 saturated carbocycles.